The summed E-state index contributed by atoms with van der Waals surface area (Å²) in [5.41, 5.74) is 5.22. The molecule has 2 atom stereocenters. The molecular weight excluding hydrogens is 328 g/mol. The van der Waals surface area contributed by atoms with Crippen LogP contribution in [0.5, 0.6) is 0 Å². The molecule has 2 aliphatic rings. The minimum atomic E-state index is 0.130. The summed E-state index contributed by atoms with van der Waals surface area (Å²) in [4.78, 5) is 1.28. The van der Waals surface area contributed by atoms with Gasteiger partial charge in [0.25, 0.3) is 0 Å². The molecule has 4 rings (SSSR count). The van der Waals surface area contributed by atoms with E-state index in [-0.39, 0.29) is 12.6 Å². The van der Waals surface area contributed by atoms with Crippen LogP contribution in [0.3, 0.4) is 0 Å². The van der Waals surface area contributed by atoms with E-state index in [0.29, 0.717) is 12.5 Å². The maximum Gasteiger partial charge on any atom is 0.0805 e. The molecule has 1 N–H and O–H groups in total. The highest BCUT2D eigenvalue weighted by Crippen LogP contribution is 2.42. The van der Waals surface area contributed by atoms with Crippen molar-refractivity contribution in [3.63, 3.8) is 0 Å². The van der Waals surface area contributed by atoms with Crippen molar-refractivity contribution in [3.05, 3.63) is 65.2 Å². The van der Waals surface area contributed by atoms with Gasteiger partial charge in [0.15, 0.2) is 0 Å². The van der Waals surface area contributed by atoms with Crippen LogP contribution in [0.15, 0.2) is 58.5 Å². The number of fused-ring (bicyclic) bond motifs is 3. The summed E-state index contributed by atoms with van der Waals surface area (Å²) in [5.74, 6) is 0.398. The summed E-state index contributed by atoms with van der Waals surface area (Å²) >= 11 is 1.77. The number of hydrazone groups is 1. The van der Waals surface area contributed by atoms with Gasteiger partial charge in [-0.1, -0.05) is 36.4 Å². The number of β-amino-alcohol motifs (C(OH)–C–C–N with tert-alkyl or cyclic N) is 1. The van der Waals surface area contributed by atoms with Crippen molar-refractivity contribution in [1.29, 1.82) is 0 Å². The molecule has 3 nitrogen and oxygen atoms in total. The molecule has 2 unspecified atom stereocenters. The zero-order valence-electron chi connectivity index (χ0n) is 14.6. The fourth-order valence-electron chi connectivity index (χ4n) is 4.18. The first kappa shape index (κ1) is 16.7. The van der Waals surface area contributed by atoms with Crippen LogP contribution in [0.4, 0.5) is 0 Å². The average Bonchev–Trinajstić information content (AvgIpc) is 2.90. The Morgan fingerprint density at radius 3 is 2.72 bits per heavy atom. The lowest BCUT2D eigenvalue weighted by Crippen LogP contribution is -2.27. The molecule has 25 heavy (non-hydrogen) atoms. The van der Waals surface area contributed by atoms with E-state index in [0.717, 1.165) is 12.8 Å². The van der Waals surface area contributed by atoms with E-state index in [1.807, 2.05) is 0 Å². The Morgan fingerprint density at radius 1 is 1.16 bits per heavy atom. The number of hydrogen-bond donors (Lipinski definition) is 1. The van der Waals surface area contributed by atoms with Crippen LogP contribution >= 0.6 is 11.8 Å². The largest absolute Gasteiger partial charge is 0.394 e. The van der Waals surface area contributed by atoms with E-state index in [1.54, 1.807) is 11.8 Å². The highest BCUT2D eigenvalue weighted by molar-refractivity contribution is 7.98. The Kier molecular flexibility index (Phi) is 4.82. The van der Waals surface area contributed by atoms with Crippen molar-refractivity contribution in [2.75, 3.05) is 19.4 Å². The zero-order valence-corrected chi connectivity index (χ0v) is 15.4. The van der Waals surface area contributed by atoms with Gasteiger partial charge >= 0.3 is 0 Å². The van der Waals surface area contributed by atoms with Gasteiger partial charge in [0, 0.05) is 16.4 Å². The van der Waals surface area contributed by atoms with Crippen LogP contribution in [-0.2, 0) is 6.42 Å². The molecule has 0 fully saturated rings. The van der Waals surface area contributed by atoms with Crippen molar-refractivity contribution in [3.8, 4) is 0 Å². The summed E-state index contributed by atoms with van der Waals surface area (Å²) in [5, 5.41) is 16.6. The number of nitrogens with zero attached hydrogens (tertiary/aromatic N) is 2. The van der Waals surface area contributed by atoms with Crippen molar-refractivity contribution < 1.29 is 5.11 Å². The monoisotopic (exact) mass is 352 g/mol. The molecule has 2 aromatic rings. The second kappa shape index (κ2) is 7.22. The number of benzene rings is 2. The lowest BCUT2D eigenvalue weighted by atomic mass is 9.85. The fraction of sp³-hybridized carbons (Fsp3) is 0.381. The molecule has 1 heterocycles. The molecule has 0 aromatic heterocycles. The number of aliphatic hydroxyl groups excluding tert-OH is 1. The first-order chi connectivity index (χ1) is 12.3. The van der Waals surface area contributed by atoms with Gasteiger partial charge < -0.3 is 5.11 Å². The van der Waals surface area contributed by atoms with Crippen LogP contribution in [0, 0.1) is 5.92 Å². The molecule has 2 aromatic carbocycles. The van der Waals surface area contributed by atoms with Crippen LogP contribution < -0.4 is 0 Å². The minimum Gasteiger partial charge on any atom is -0.394 e. The van der Waals surface area contributed by atoms with E-state index in [4.69, 9.17) is 5.10 Å². The zero-order chi connectivity index (χ0) is 17.2. The minimum absolute atomic E-state index is 0.130. The number of thioether (sulfide) groups is 1. The van der Waals surface area contributed by atoms with Crippen LogP contribution in [0.25, 0.3) is 0 Å². The molecule has 1 aliphatic carbocycles. The van der Waals surface area contributed by atoms with Gasteiger partial charge in [0.1, 0.15) is 0 Å². The standard InChI is InChI=1S/C21H24N2OS/c1-25-17-11-9-16(10-12-17)21-19-8-4-6-15-5-2-3-7-18(15)20(19)22-23(21)13-14-24/h2-3,5,7,9-12,19,21,24H,4,6,8,13-14H2,1H3. The molecular formula is C21H24N2OS. The van der Waals surface area contributed by atoms with Crippen LogP contribution in [0.1, 0.15) is 35.6 Å². The molecule has 0 saturated carbocycles. The van der Waals surface area contributed by atoms with Crippen molar-refractivity contribution in [2.24, 2.45) is 11.0 Å². The Bertz CT molecular complexity index is 772. The van der Waals surface area contributed by atoms with Gasteiger partial charge in [-0.25, -0.2) is 0 Å². The Labute approximate surface area is 153 Å². The average molecular weight is 353 g/mol. The Balaban J connectivity index is 1.75. The molecule has 0 bridgehead atoms. The molecule has 0 saturated heterocycles. The molecule has 0 amide bonds. The van der Waals surface area contributed by atoms with E-state index in [1.165, 1.54) is 33.7 Å². The van der Waals surface area contributed by atoms with E-state index in [2.05, 4.69) is 59.8 Å². The SMILES string of the molecule is CSc1ccc(C2C3CCCc4ccccc4C3=NN2CCO)cc1. The second-order valence-corrected chi connectivity index (χ2v) is 7.63. The molecule has 130 valence electrons. The van der Waals surface area contributed by atoms with Gasteiger partial charge in [0.05, 0.1) is 24.9 Å². The van der Waals surface area contributed by atoms with Crippen LogP contribution in [-0.4, -0.2) is 35.2 Å². The highest BCUT2D eigenvalue weighted by Gasteiger charge is 2.39. The van der Waals surface area contributed by atoms with Crippen molar-refractivity contribution in [2.45, 2.75) is 30.2 Å². The number of hydrogen-bond acceptors (Lipinski definition) is 4. The Hall–Kier alpha value is -1.78. The molecule has 1 aliphatic heterocycles. The number of rotatable bonds is 4. The third kappa shape index (κ3) is 3.09. The van der Waals surface area contributed by atoms with Gasteiger partial charge in [-0.15, -0.1) is 11.8 Å². The summed E-state index contributed by atoms with van der Waals surface area (Å²) < 4.78 is 0. The quantitative estimate of drug-likeness (QED) is 0.841. The molecule has 0 radical (unpaired) electrons. The normalized spacial score (nSPS) is 22.2. The fourth-order valence-corrected chi connectivity index (χ4v) is 4.59. The second-order valence-electron chi connectivity index (χ2n) is 6.75. The smallest absolute Gasteiger partial charge is 0.0805 e. The predicted octanol–water partition coefficient (Wildman–Crippen LogP) is 4.11. The first-order valence-electron chi connectivity index (χ1n) is 9.00. The number of aryl methyl sites for hydroxylation is 1. The van der Waals surface area contributed by atoms with E-state index in [9.17, 15) is 5.11 Å². The lowest BCUT2D eigenvalue weighted by molar-refractivity contribution is 0.152. The maximum absolute atomic E-state index is 9.54. The van der Waals surface area contributed by atoms with Gasteiger partial charge in [0.2, 0.25) is 0 Å². The summed E-state index contributed by atoms with van der Waals surface area (Å²) in [6.07, 6.45) is 5.56. The number of aliphatic hydroxyl groups is 1. The lowest BCUT2D eigenvalue weighted by Gasteiger charge is -2.28. The van der Waals surface area contributed by atoms with Crippen molar-refractivity contribution >= 4 is 17.5 Å². The van der Waals surface area contributed by atoms with E-state index >= 15 is 0 Å². The molecule has 0 spiro atoms. The summed E-state index contributed by atoms with van der Waals surface area (Å²) in [7, 11) is 0. The highest BCUT2D eigenvalue weighted by atomic mass is 32.2. The molecule has 4 heteroatoms. The van der Waals surface area contributed by atoms with Gasteiger partial charge in [-0.05, 0) is 48.8 Å². The first-order valence-corrected chi connectivity index (χ1v) is 10.2. The third-order valence-electron chi connectivity index (χ3n) is 5.33. The maximum atomic E-state index is 9.54. The summed E-state index contributed by atoms with van der Waals surface area (Å²) in [6, 6.07) is 17.8. The van der Waals surface area contributed by atoms with E-state index < -0.39 is 0 Å². The predicted molar refractivity (Wildman–Crippen MR) is 104 cm³/mol. The van der Waals surface area contributed by atoms with Gasteiger partial charge in [-0.2, -0.15) is 5.10 Å². The third-order valence-corrected chi connectivity index (χ3v) is 6.07. The summed E-state index contributed by atoms with van der Waals surface area (Å²) in [6.45, 7) is 0.710. The van der Waals surface area contributed by atoms with Crippen LogP contribution in [0.2, 0.25) is 0 Å². The topological polar surface area (TPSA) is 35.8 Å². The Morgan fingerprint density at radius 2 is 1.96 bits per heavy atom. The van der Waals surface area contributed by atoms with Crippen molar-refractivity contribution in [1.82, 2.24) is 5.01 Å². The van der Waals surface area contributed by atoms with Gasteiger partial charge in [-0.3, -0.25) is 5.01 Å².